The summed E-state index contributed by atoms with van der Waals surface area (Å²) in [6, 6.07) is 6.82. The topological polar surface area (TPSA) is 20.3 Å². The number of amides is 1. The van der Waals surface area contributed by atoms with Gasteiger partial charge in [0.25, 0.3) is 0 Å². The van der Waals surface area contributed by atoms with E-state index < -0.39 is 11.7 Å². The number of rotatable bonds is 1. The van der Waals surface area contributed by atoms with Crippen molar-refractivity contribution < 1.29 is 18.0 Å². The highest BCUT2D eigenvalue weighted by Gasteiger charge is 2.35. The van der Waals surface area contributed by atoms with Gasteiger partial charge in [0.15, 0.2) is 0 Å². The van der Waals surface area contributed by atoms with E-state index in [1.807, 2.05) is 0 Å². The van der Waals surface area contributed by atoms with Gasteiger partial charge in [0.1, 0.15) is 0 Å². The van der Waals surface area contributed by atoms with E-state index in [2.05, 4.69) is 0 Å². The fraction of sp³-hybridized carbons (Fsp3) is 0.235. The average Bonchev–Trinajstić information content (AvgIpc) is 2.78. The second kappa shape index (κ2) is 5.27. The van der Waals surface area contributed by atoms with Crippen molar-refractivity contribution in [2.24, 2.45) is 0 Å². The van der Waals surface area contributed by atoms with Crippen molar-refractivity contribution in [2.75, 3.05) is 4.90 Å². The predicted octanol–water partition coefficient (Wildman–Crippen LogP) is 5.20. The van der Waals surface area contributed by atoms with Crippen LogP contribution in [-0.4, -0.2) is 5.91 Å². The minimum Gasteiger partial charge on any atom is -0.280 e. The molecule has 0 bridgehead atoms. The van der Waals surface area contributed by atoms with E-state index in [1.165, 1.54) is 11.0 Å². The summed E-state index contributed by atoms with van der Waals surface area (Å²) in [6.07, 6.45) is -4.35. The van der Waals surface area contributed by atoms with Gasteiger partial charge in [-0.2, -0.15) is 13.2 Å². The van der Waals surface area contributed by atoms with E-state index in [4.69, 9.17) is 11.6 Å². The van der Waals surface area contributed by atoms with Crippen molar-refractivity contribution in [2.45, 2.75) is 26.4 Å². The first-order chi connectivity index (χ1) is 10.7. The molecule has 0 atom stereocenters. The molecule has 0 saturated heterocycles. The molecule has 3 rings (SSSR count). The summed E-state index contributed by atoms with van der Waals surface area (Å²) in [4.78, 5) is 13.6. The summed E-state index contributed by atoms with van der Waals surface area (Å²) in [5.74, 6) is -0.250. The number of hydrogen-bond donors (Lipinski definition) is 0. The van der Waals surface area contributed by atoms with Crippen LogP contribution < -0.4 is 4.90 Å². The van der Waals surface area contributed by atoms with Gasteiger partial charge in [0.2, 0.25) is 5.91 Å². The quantitative estimate of drug-likeness (QED) is 0.699. The molecule has 1 aliphatic rings. The SMILES string of the molecule is Cc1cc(N2C(=O)Cc3ccc(C(F)(F)F)cc32)cc(C)c1Cl. The molecular weight excluding hydrogens is 327 g/mol. The van der Waals surface area contributed by atoms with Gasteiger partial charge in [0, 0.05) is 10.7 Å². The molecule has 23 heavy (non-hydrogen) atoms. The van der Waals surface area contributed by atoms with E-state index in [0.29, 0.717) is 16.3 Å². The van der Waals surface area contributed by atoms with E-state index in [0.717, 1.165) is 23.3 Å². The van der Waals surface area contributed by atoms with E-state index in [9.17, 15) is 18.0 Å². The lowest BCUT2D eigenvalue weighted by atomic mass is 10.1. The molecule has 1 amide bonds. The van der Waals surface area contributed by atoms with Gasteiger partial charge >= 0.3 is 6.18 Å². The smallest absolute Gasteiger partial charge is 0.280 e. The van der Waals surface area contributed by atoms with Crippen LogP contribution in [-0.2, 0) is 17.4 Å². The van der Waals surface area contributed by atoms with Crippen LogP contribution >= 0.6 is 11.6 Å². The number of halogens is 4. The van der Waals surface area contributed by atoms with Gasteiger partial charge in [-0.05, 0) is 54.8 Å². The summed E-state index contributed by atoms with van der Waals surface area (Å²) in [5, 5.41) is 0.588. The number of anilines is 2. The fourth-order valence-electron chi connectivity index (χ4n) is 2.81. The molecule has 0 aliphatic carbocycles. The molecule has 0 saturated carbocycles. The molecular formula is C17H13ClF3NO. The van der Waals surface area contributed by atoms with Crippen molar-refractivity contribution in [3.63, 3.8) is 0 Å². The third-order valence-electron chi connectivity index (χ3n) is 3.92. The van der Waals surface area contributed by atoms with Crippen LogP contribution in [0.4, 0.5) is 24.5 Å². The maximum atomic E-state index is 12.9. The zero-order valence-corrected chi connectivity index (χ0v) is 13.2. The normalized spacial score (nSPS) is 14.3. The van der Waals surface area contributed by atoms with Gasteiger partial charge < -0.3 is 0 Å². The molecule has 0 fully saturated rings. The number of fused-ring (bicyclic) bond motifs is 1. The molecule has 0 spiro atoms. The van der Waals surface area contributed by atoms with Gasteiger partial charge in [0.05, 0.1) is 17.7 Å². The number of hydrogen-bond acceptors (Lipinski definition) is 1. The first-order valence-electron chi connectivity index (χ1n) is 6.98. The molecule has 120 valence electrons. The zero-order valence-electron chi connectivity index (χ0n) is 12.5. The number of aryl methyl sites for hydroxylation is 2. The molecule has 2 nitrogen and oxygen atoms in total. The summed E-state index contributed by atoms with van der Waals surface area (Å²) in [7, 11) is 0. The lowest BCUT2D eigenvalue weighted by Crippen LogP contribution is -2.21. The van der Waals surface area contributed by atoms with E-state index >= 15 is 0 Å². The Morgan fingerprint density at radius 2 is 1.70 bits per heavy atom. The zero-order chi connectivity index (χ0) is 16.9. The maximum absolute atomic E-state index is 12.9. The molecule has 2 aromatic carbocycles. The average molecular weight is 340 g/mol. The highest BCUT2D eigenvalue weighted by molar-refractivity contribution is 6.32. The van der Waals surface area contributed by atoms with Crippen LogP contribution in [0.3, 0.4) is 0 Å². The molecule has 1 aliphatic heterocycles. The van der Waals surface area contributed by atoms with Crippen LogP contribution in [0.25, 0.3) is 0 Å². The minimum atomic E-state index is -4.45. The summed E-state index contributed by atoms with van der Waals surface area (Å²) in [5.41, 5.74) is 2.19. The summed E-state index contributed by atoms with van der Waals surface area (Å²) >= 11 is 6.13. The lowest BCUT2D eigenvalue weighted by molar-refractivity contribution is -0.137. The van der Waals surface area contributed by atoms with Crippen molar-refractivity contribution in [3.05, 3.63) is 57.6 Å². The Bertz CT molecular complexity index is 791. The second-order valence-electron chi connectivity index (χ2n) is 5.64. The number of benzene rings is 2. The van der Waals surface area contributed by atoms with E-state index in [1.54, 1.807) is 26.0 Å². The first-order valence-corrected chi connectivity index (χ1v) is 7.36. The van der Waals surface area contributed by atoms with Gasteiger partial charge in [-0.25, -0.2) is 0 Å². The summed E-state index contributed by atoms with van der Waals surface area (Å²) < 4.78 is 38.8. The predicted molar refractivity (Wildman–Crippen MR) is 83.2 cm³/mol. The van der Waals surface area contributed by atoms with Crippen LogP contribution in [0.15, 0.2) is 30.3 Å². The van der Waals surface area contributed by atoms with Crippen molar-refractivity contribution in [1.82, 2.24) is 0 Å². The van der Waals surface area contributed by atoms with Gasteiger partial charge in [-0.3, -0.25) is 9.69 Å². The van der Waals surface area contributed by atoms with Crippen LogP contribution in [0.2, 0.25) is 5.02 Å². The number of alkyl halides is 3. The molecule has 2 aromatic rings. The number of nitrogens with zero attached hydrogens (tertiary/aromatic N) is 1. The first kappa shape index (κ1) is 15.9. The maximum Gasteiger partial charge on any atom is 0.416 e. The fourth-order valence-corrected chi connectivity index (χ4v) is 2.92. The molecule has 0 unspecified atom stereocenters. The largest absolute Gasteiger partial charge is 0.416 e. The monoisotopic (exact) mass is 339 g/mol. The van der Waals surface area contributed by atoms with E-state index in [-0.39, 0.29) is 18.0 Å². The third-order valence-corrected chi connectivity index (χ3v) is 4.52. The van der Waals surface area contributed by atoms with Crippen molar-refractivity contribution in [3.8, 4) is 0 Å². The Labute approximate surface area is 136 Å². The Hall–Kier alpha value is -2.01. The lowest BCUT2D eigenvalue weighted by Gasteiger charge is -2.20. The second-order valence-corrected chi connectivity index (χ2v) is 6.02. The Morgan fingerprint density at radius 3 is 2.26 bits per heavy atom. The molecule has 0 N–H and O–H groups in total. The molecule has 6 heteroatoms. The van der Waals surface area contributed by atoms with Crippen LogP contribution in [0, 0.1) is 13.8 Å². The highest BCUT2D eigenvalue weighted by atomic mass is 35.5. The van der Waals surface area contributed by atoms with Crippen LogP contribution in [0.5, 0.6) is 0 Å². The molecule has 0 aromatic heterocycles. The third kappa shape index (κ3) is 2.70. The van der Waals surface area contributed by atoms with Crippen molar-refractivity contribution in [1.29, 1.82) is 0 Å². The summed E-state index contributed by atoms with van der Waals surface area (Å²) in [6.45, 7) is 3.60. The number of carbonyl (C=O) groups is 1. The minimum absolute atomic E-state index is 0.0915. The molecule has 1 heterocycles. The Morgan fingerprint density at radius 1 is 1.09 bits per heavy atom. The Kier molecular flexibility index (Phi) is 3.64. The van der Waals surface area contributed by atoms with Gasteiger partial charge in [-0.15, -0.1) is 0 Å². The highest BCUT2D eigenvalue weighted by Crippen LogP contribution is 2.41. The van der Waals surface area contributed by atoms with Gasteiger partial charge in [-0.1, -0.05) is 17.7 Å². The van der Waals surface area contributed by atoms with Crippen LogP contribution in [0.1, 0.15) is 22.3 Å². The van der Waals surface area contributed by atoms with Crippen molar-refractivity contribution >= 4 is 28.9 Å². The molecule has 0 radical (unpaired) electrons. The number of carbonyl (C=O) groups excluding carboxylic acids is 1. The standard InChI is InChI=1S/C17H13ClF3NO/c1-9-5-13(6-10(2)16(9)18)22-14-8-12(17(19,20)21)4-3-11(14)7-15(22)23/h3-6,8H,7H2,1-2H3. The Balaban J connectivity index is 2.15.